The molecule has 0 saturated carbocycles. The highest BCUT2D eigenvalue weighted by Gasteiger charge is 2.38. The molecule has 0 bridgehead atoms. The summed E-state index contributed by atoms with van der Waals surface area (Å²) >= 11 is 0. The summed E-state index contributed by atoms with van der Waals surface area (Å²) in [6.45, 7) is 2.38. The molecule has 0 atom stereocenters. The fourth-order valence-electron chi connectivity index (χ4n) is 9.72. The van der Waals surface area contributed by atoms with Crippen LogP contribution in [-0.4, -0.2) is 28.4 Å². The molecule has 0 saturated heterocycles. The van der Waals surface area contributed by atoms with E-state index in [0.29, 0.717) is 26.4 Å². The minimum Gasteiger partial charge on any atom is -0.380 e. The van der Waals surface area contributed by atoms with Crippen LogP contribution in [0.5, 0.6) is 0 Å². The number of fused-ring (bicyclic) bond motifs is 4. The number of ether oxygens (including phenoxy) is 4. The molecule has 4 heteroatoms. The van der Waals surface area contributed by atoms with Gasteiger partial charge in [-0.1, -0.05) is 182 Å². The Bertz CT molecular complexity index is 2990. The van der Waals surface area contributed by atoms with E-state index in [1.54, 1.807) is 28.4 Å². The van der Waals surface area contributed by atoms with Crippen molar-refractivity contribution >= 4 is 43.1 Å². The van der Waals surface area contributed by atoms with Crippen molar-refractivity contribution in [3.8, 4) is 11.1 Å². The second-order valence-corrected chi connectivity index (χ2v) is 16.6. The van der Waals surface area contributed by atoms with Crippen LogP contribution in [0.4, 0.5) is 0 Å². The van der Waals surface area contributed by atoms with Gasteiger partial charge in [-0.05, 0) is 123 Å². The molecule has 0 spiro atoms. The summed E-state index contributed by atoms with van der Waals surface area (Å²) in [5.74, 6) is 0. The molecule has 0 aliphatic rings. The molecule has 65 heavy (non-hydrogen) atoms. The van der Waals surface area contributed by atoms with E-state index in [2.05, 4.69) is 206 Å². The van der Waals surface area contributed by atoms with Gasteiger partial charge in [0.15, 0.2) is 0 Å². The van der Waals surface area contributed by atoms with Gasteiger partial charge in [0.05, 0.1) is 31.8 Å². The molecule has 10 aromatic carbocycles. The molecule has 0 amide bonds. The Kier molecular flexibility index (Phi) is 13.2. The maximum absolute atomic E-state index is 5.52. The molecule has 0 unspecified atom stereocenters. The lowest BCUT2D eigenvalue weighted by Crippen LogP contribution is -2.31. The van der Waals surface area contributed by atoms with Crippen molar-refractivity contribution in [2.45, 2.75) is 31.8 Å². The van der Waals surface area contributed by atoms with Gasteiger partial charge in [-0.15, -0.1) is 0 Å². The van der Waals surface area contributed by atoms with E-state index in [0.717, 1.165) is 0 Å². The summed E-state index contributed by atoms with van der Waals surface area (Å²) in [5.41, 5.74) is 11.7. The van der Waals surface area contributed by atoms with Crippen LogP contribution in [0.2, 0.25) is 0 Å². The van der Waals surface area contributed by atoms with Crippen LogP contribution in [0.1, 0.15) is 44.5 Å². The summed E-state index contributed by atoms with van der Waals surface area (Å²) in [6, 6.07) is 74.6. The van der Waals surface area contributed by atoms with Gasteiger partial charge in [0, 0.05) is 28.4 Å². The summed E-state index contributed by atoms with van der Waals surface area (Å²) in [6.07, 6.45) is 0. The minimum atomic E-state index is -0.499. The van der Waals surface area contributed by atoms with Crippen molar-refractivity contribution in [1.82, 2.24) is 0 Å². The first-order valence-electron chi connectivity index (χ1n) is 22.2. The van der Waals surface area contributed by atoms with Crippen molar-refractivity contribution < 1.29 is 18.9 Å². The van der Waals surface area contributed by atoms with Gasteiger partial charge in [-0.2, -0.15) is 0 Å². The molecule has 0 aliphatic carbocycles. The fraction of sp³-hybridized carbons (Fsp3) is 0.148. The molecular weight excluding hydrogens is 797 g/mol. The number of rotatable bonds is 13. The molecule has 0 radical (unpaired) electrons. The van der Waals surface area contributed by atoms with E-state index in [-0.39, 0.29) is 0 Å². The average molecular weight is 851 g/mol. The predicted octanol–water partition coefficient (Wildman–Crippen LogP) is 14.6. The smallest absolute Gasteiger partial charge is 0.0719 e. The monoisotopic (exact) mass is 850 g/mol. The number of hydrogen-bond donors (Lipinski definition) is 0. The first-order valence-corrected chi connectivity index (χ1v) is 22.2. The van der Waals surface area contributed by atoms with Crippen LogP contribution in [0.3, 0.4) is 0 Å². The zero-order valence-electron chi connectivity index (χ0n) is 37.6. The molecule has 10 aromatic rings. The Morgan fingerprint density at radius 1 is 0.292 bits per heavy atom. The Labute approximate surface area is 382 Å². The van der Waals surface area contributed by atoms with E-state index in [9.17, 15) is 0 Å². The Balaban J connectivity index is 0.000000178. The molecule has 322 valence electrons. The average Bonchev–Trinajstić information content (AvgIpc) is 3.35. The van der Waals surface area contributed by atoms with Gasteiger partial charge in [-0.3, -0.25) is 0 Å². The zero-order valence-corrected chi connectivity index (χ0v) is 37.6. The summed E-state index contributed by atoms with van der Waals surface area (Å²) in [5, 5.41) is 9.83. The Hall–Kier alpha value is -6.92. The lowest BCUT2D eigenvalue weighted by Gasteiger charge is -2.37. The van der Waals surface area contributed by atoms with Gasteiger partial charge >= 0.3 is 0 Å². The van der Waals surface area contributed by atoms with Gasteiger partial charge in [0.1, 0.15) is 0 Å². The van der Waals surface area contributed by atoms with E-state index >= 15 is 0 Å². The second kappa shape index (κ2) is 19.9. The van der Waals surface area contributed by atoms with Crippen LogP contribution >= 0.6 is 0 Å². The first kappa shape index (κ1) is 43.3. The maximum atomic E-state index is 5.52. The molecule has 10 rings (SSSR count). The predicted molar refractivity (Wildman–Crippen MR) is 270 cm³/mol. The van der Waals surface area contributed by atoms with Gasteiger partial charge in [0.2, 0.25) is 0 Å². The van der Waals surface area contributed by atoms with Gasteiger partial charge in [0.25, 0.3) is 0 Å². The third-order valence-corrected chi connectivity index (χ3v) is 12.6. The lowest BCUT2D eigenvalue weighted by molar-refractivity contribution is 0.184. The van der Waals surface area contributed by atoms with Crippen LogP contribution in [0, 0.1) is 0 Å². The molecule has 4 nitrogen and oxygen atoms in total. The van der Waals surface area contributed by atoms with Crippen molar-refractivity contribution in [2.75, 3.05) is 28.4 Å². The number of hydrogen-bond acceptors (Lipinski definition) is 4. The molecule has 0 aliphatic heterocycles. The third-order valence-electron chi connectivity index (χ3n) is 12.6. The van der Waals surface area contributed by atoms with Crippen LogP contribution in [0.15, 0.2) is 206 Å². The SMILES string of the molecule is COCc1ccc2cc(C(c3ccccc3)(c3ccccc3)c3ccc4cc(COC)ccc4c3)ccc2c1.COCc1ccc2ccccc2c1-c1c(COC)ccc2ccccc12. The Morgan fingerprint density at radius 2 is 0.646 bits per heavy atom. The van der Waals surface area contributed by atoms with Gasteiger partial charge in [-0.25, -0.2) is 0 Å². The van der Waals surface area contributed by atoms with Crippen molar-refractivity contribution in [2.24, 2.45) is 0 Å². The van der Waals surface area contributed by atoms with Crippen molar-refractivity contribution in [3.05, 3.63) is 251 Å². The molecule has 0 heterocycles. The summed E-state index contributed by atoms with van der Waals surface area (Å²) in [7, 11) is 6.98. The van der Waals surface area contributed by atoms with E-state index < -0.39 is 5.41 Å². The molecule has 0 fully saturated rings. The van der Waals surface area contributed by atoms with Crippen molar-refractivity contribution in [1.29, 1.82) is 0 Å². The zero-order chi connectivity index (χ0) is 44.6. The number of benzene rings is 10. The molecule has 0 aromatic heterocycles. The minimum absolute atomic E-state index is 0.499. The van der Waals surface area contributed by atoms with Crippen molar-refractivity contribution in [3.63, 3.8) is 0 Å². The first-order chi connectivity index (χ1) is 32.0. The van der Waals surface area contributed by atoms with E-state index in [4.69, 9.17) is 18.9 Å². The molecule has 0 N–H and O–H groups in total. The van der Waals surface area contributed by atoms with Crippen LogP contribution in [-0.2, 0) is 50.8 Å². The van der Waals surface area contributed by atoms with E-state index in [1.807, 2.05) is 0 Å². The Morgan fingerprint density at radius 3 is 1.06 bits per heavy atom. The van der Waals surface area contributed by atoms with E-state index in [1.165, 1.54) is 98.7 Å². The summed E-state index contributed by atoms with van der Waals surface area (Å²) < 4.78 is 21.8. The quantitative estimate of drug-likeness (QED) is 0.108. The largest absolute Gasteiger partial charge is 0.380 e. The standard InChI is InChI=1S/C37H32O2.C24H22O2/c1-38-25-27-13-15-31-23-35(19-17-29(31)21-27)37(33-9-5-3-6-10-33,34-11-7-4-8-12-34)36-20-18-30-22-28(26-39-2)14-16-32(30)24-36;1-25-15-19-13-11-17-7-3-5-9-21(17)23(19)24-20(16-26-2)14-12-18-8-4-6-10-22(18)24/h3-24H,25-26H2,1-2H3;3-14H,15-16H2,1-2H3. The number of methoxy groups -OCH3 is 4. The van der Waals surface area contributed by atoms with Crippen LogP contribution < -0.4 is 0 Å². The highest BCUT2D eigenvalue weighted by molar-refractivity contribution is 6.07. The van der Waals surface area contributed by atoms with Gasteiger partial charge < -0.3 is 18.9 Å². The second-order valence-electron chi connectivity index (χ2n) is 16.6. The highest BCUT2D eigenvalue weighted by Crippen LogP contribution is 2.47. The topological polar surface area (TPSA) is 36.9 Å². The highest BCUT2D eigenvalue weighted by atomic mass is 16.5. The van der Waals surface area contributed by atoms with Crippen LogP contribution in [0.25, 0.3) is 54.2 Å². The lowest BCUT2D eigenvalue weighted by atomic mass is 9.64. The normalized spacial score (nSPS) is 11.6. The fourth-order valence-corrected chi connectivity index (χ4v) is 9.72. The third kappa shape index (κ3) is 8.70. The summed E-state index contributed by atoms with van der Waals surface area (Å²) in [4.78, 5) is 0. The maximum Gasteiger partial charge on any atom is 0.0719 e. The molecular formula is C61H54O4.